The molecule has 0 saturated carbocycles. The van der Waals surface area contributed by atoms with E-state index in [1.165, 1.54) is 18.5 Å². The molecule has 1 aromatic rings. The molecule has 0 fully saturated rings. The van der Waals surface area contributed by atoms with Crippen molar-refractivity contribution < 1.29 is 13.2 Å². The summed E-state index contributed by atoms with van der Waals surface area (Å²) >= 11 is 0. The van der Waals surface area contributed by atoms with E-state index in [1.54, 1.807) is 25.1 Å². The summed E-state index contributed by atoms with van der Waals surface area (Å²) in [5, 5.41) is 8.79. The predicted molar refractivity (Wildman–Crippen MR) is 58.0 cm³/mol. The SMILES string of the molecule is CN(C)C=Nc1cccc(C(F)(F)F)c1C#N. The number of nitriles is 1. The van der Waals surface area contributed by atoms with Crippen LogP contribution < -0.4 is 0 Å². The summed E-state index contributed by atoms with van der Waals surface area (Å²) in [5.41, 5.74) is -1.41. The molecule has 3 nitrogen and oxygen atoms in total. The Morgan fingerprint density at radius 3 is 2.47 bits per heavy atom. The molecule has 0 aliphatic carbocycles. The largest absolute Gasteiger partial charge is 0.417 e. The first-order valence-corrected chi connectivity index (χ1v) is 4.67. The van der Waals surface area contributed by atoms with Gasteiger partial charge in [-0.1, -0.05) is 6.07 Å². The highest BCUT2D eigenvalue weighted by atomic mass is 19.4. The van der Waals surface area contributed by atoms with E-state index in [9.17, 15) is 13.2 Å². The van der Waals surface area contributed by atoms with Crippen molar-refractivity contribution in [1.82, 2.24) is 4.90 Å². The first-order valence-electron chi connectivity index (χ1n) is 4.67. The van der Waals surface area contributed by atoms with Crippen molar-refractivity contribution in [1.29, 1.82) is 5.26 Å². The van der Waals surface area contributed by atoms with E-state index in [1.807, 2.05) is 0 Å². The van der Waals surface area contributed by atoms with Gasteiger partial charge in [-0.05, 0) is 12.1 Å². The second kappa shape index (κ2) is 4.87. The molecule has 0 bridgehead atoms. The van der Waals surface area contributed by atoms with Gasteiger partial charge in [0, 0.05) is 14.1 Å². The lowest BCUT2D eigenvalue weighted by molar-refractivity contribution is -0.137. The minimum Gasteiger partial charge on any atom is -0.369 e. The number of rotatable bonds is 2. The molecule has 1 aromatic carbocycles. The maximum absolute atomic E-state index is 12.6. The Hall–Kier alpha value is -2.03. The quantitative estimate of drug-likeness (QED) is 0.590. The molecule has 0 heterocycles. The molecular formula is C11H10F3N3. The molecule has 0 amide bonds. The molecule has 0 saturated heterocycles. The van der Waals surface area contributed by atoms with Crippen molar-refractivity contribution in [3.63, 3.8) is 0 Å². The smallest absolute Gasteiger partial charge is 0.369 e. The van der Waals surface area contributed by atoms with Crippen LogP contribution in [0.4, 0.5) is 18.9 Å². The van der Waals surface area contributed by atoms with E-state index in [-0.39, 0.29) is 5.69 Å². The molecule has 0 radical (unpaired) electrons. The second-order valence-corrected chi connectivity index (χ2v) is 3.52. The molecule has 0 atom stereocenters. The standard InChI is InChI=1S/C11H10F3N3/c1-17(2)7-16-10-5-3-4-9(8(10)6-15)11(12,13)14/h3-5,7H,1-2H3. The van der Waals surface area contributed by atoms with Crippen LogP contribution in [0.3, 0.4) is 0 Å². The molecule has 17 heavy (non-hydrogen) atoms. The molecular weight excluding hydrogens is 231 g/mol. The minimum absolute atomic E-state index is 0.0102. The Labute approximate surface area is 96.8 Å². The van der Waals surface area contributed by atoms with Gasteiger partial charge in [0.05, 0.1) is 23.2 Å². The van der Waals surface area contributed by atoms with Crippen LogP contribution >= 0.6 is 0 Å². The second-order valence-electron chi connectivity index (χ2n) is 3.52. The van der Waals surface area contributed by atoms with Gasteiger partial charge >= 0.3 is 6.18 Å². The molecule has 0 N–H and O–H groups in total. The molecule has 1 rings (SSSR count). The van der Waals surface area contributed by atoms with Gasteiger partial charge in [0.2, 0.25) is 0 Å². The summed E-state index contributed by atoms with van der Waals surface area (Å²) in [6.45, 7) is 0. The number of alkyl halides is 3. The van der Waals surface area contributed by atoms with Crippen LogP contribution in [0.5, 0.6) is 0 Å². The summed E-state index contributed by atoms with van der Waals surface area (Å²) < 4.78 is 37.8. The van der Waals surface area contributed by atoms with Crippen LogP contribution in [0.15, 0.2) is 23.2 Å². The monoisotopic (exact) mass is 241 g/mol. The highest BCUT2D eigenvalue weighted by Gasteiger charge is 2.34. The van der Waals surface area contributed by atoms with Crippen LogP contribution in [-0.2, 0) is 6.18 Å². The van der Waals surface area contributed by atoms with Crippen LogP contribution in [0.1, 0.15) is 11.1 Å². The van der Waals surface area contributed by atoms with Gasteiger partial charge in [-0.25, -0.2) is 4.99 Å². The highest BCUT2D eigenvalue weighted by Crippen LogP contribution is 2.35. The van der Waals surface area contributed by atoms with Gasteiger partial charge < -0.3 is 4.90 Å². The van der Waals surface area contributed by atoms with E-state index < -0.39 is 17.3 Å². The van der Waals surface area contributed by atoms with E-state index >= 15 is 0 Å². The van der Waals surface area contributed by atoms with Gasteiger partial charge in [0.15, 0.2) is 0 Å². The van der Waals surface area contributed by atoms with Crippen LogP contribution in [0.25, 0.3) is 0 Å². The summed E-state index contributed by atoms with van der Waals surface area (Å²) in [4.78, 5) is 5.40. The lowest BCUT2D eigenvalue weighted by atomic mass is 10.1. The third-order valence-electron chi connectivity index (χ3n) is 1.89. The van der Waals surface area contributed by atoms with Crippen molar-refractivity contribution >= 4 is 12.0 Å². The summed E-state index contributed by atoms with van der Waals surface area (Å²) in [6, 6.07) is 5.01. The number of halogens is 3. The number of nitrogens with zero attached hydrogens (tertiary/aromatic N) is 3. The fraction of sp³-hybridized carbons (Fsp3) is 0.273. The highest BCUT2D eigenvalue weighted by molar-refractivity contribution is 5.66. The van der Waals surface area contributed by atoms with Crippen LogP contribution in [0, 0.1) is 11.3 Å². The molecule has 90 valence electrons. The molecule has 0 aromatic heterocycles. The van der Waals surface area contributed by atoms with E-state index in [4.69, 9.17) is 5.26 Å². The maximum Gasteiger partial charge on any atom is 0.417 e. The first-order chi connectivity index (χ1) is 7.86. The fourth-order valence-corrected chi connectivity index (χ4v) is 1.18. The van der Waals surface area contributed by atoms with Crippen LogP contribution in [0.2, 0.25) is 0 Å². The normalized spacial score (nSPS) is 11.5. The number of hydrogen-bond acceptors (Lipinski definition) is 2. The van der Waals surface area contributed by atoms with Crippen molar-refractivity contribution in [3.05, 3.63) is 29.3 Å². The summed E-state index contributed by atoms with van der Waals surface area (Å²) in [7, 11) is 3.37. The number of aliphatic imine (C=N–C) groups is 1. The average Bonchev–Trinajstić information content (AvgIpc) is 2.24. The minimum atomic E-state index is -4.55. The summed E-state index contributed by atoms with van der Waals surface area (Å²) in [5.74, 6) is 0. The maximum atomic E-state index is 12.6. The third-order valence-corrected chi connectivity index (χ3v) is 1.89. The lowest BCUT2D eigenvalue weighted by Crippen LogP contribution is -2.09. The zero-order valence-electron chi connectivity index (χ0n) is 9.28. The van der Waals surface area contributed by atoms with Crippen LogP contribution in [-0.4, -0.2) is 25.3 Å². The van der Waals surface area contributed by atoms with Gasteiger partial charge in [-0.2, -0.15) is 18.4 Å². The lowest BCUT2D eigenvalue weighted by Gasteiger charge is -2.10. The molecule has 0 unspecified atom stereocenters. The Balaban J connectivity index is 3.31. The van der Waals surface area contributed by atoms with E-state index in [0.717, 1.165) is 6.07 Å². The molecule has 0 aliphatic heterocycles. The Morgan fingerprint density at radius 1 is 1.35 bits per heavy atom. The fourth-order valence-electron chi connectivity index (χ4n) is 1.18. The Kier molecular flexibility index (Phi) is 3.73. The molecule has 0 spiro atoms. The van der Waals surface area contributed by atoms with Crippen molar-refractivity contribution in [3.8, 4) is 6.07 Å². The zero-order valence-corrected chi connectivity index (χ0v) is 9.28. The van der Waals surface area contributed by atoms with Crippen molar-refractivity contribution in [2.45, 2.75) is 6.18 Å². The third kappa shape index (κ3) is 3.21. The molecule has 6 heteroatoms. The topological polar surface area (TPSA) is 39.4 Å². The van der Waals surface area contributed by atoms with Crippen molar-refractivity contribution in [2.75, 3.05) is 14.1 Å². The summed E-state index contributed by atoms with van der Waals surface area (Å²) in [6.07, 6.45) is -3.20. The van der Waals surface area contributed by atoms with Gasteiger partial charge in [0.25, 0.3) is 0 Å². The number of benzene rings is 1. The van der Waals surface area contributed by atoms with Gasteiger partial charge in [-0.15, -0.1) is 0 Å². The van der Waals surface area contributed by atoms with E-state index in [0.29, 0.717) is 0 Å². The van der Waals surface area contributed by atoms with Gasteiger partial charge in [0.1, 0.15) is 6.07 Å². The Morgan fingerprint density at radius 2 is 2.00 bits per heavy atom. The first kappa shape index (κ1) is 13.0. The number of hydrogen-bond donors (Lipinski definition) is 0. The zero-order chi connectivity index (χ0) is 13.1. The molecule has 0 aliphatic rings. The average molecular weight is 241 g/mol. The van der Waals surface area contributed by atoms with Crippen molar-refractivity contribution in [2.24, 2.45) is 4.99 Å². The van der Waals surface area contributed by atoms with Gasteiger partial charge in [-0.3, -0.25) is 0 Å². The predicted octanol–water partition coefficient (Wildman–Crippen LogP) is 2.80. The Bertz CT molecular complexity index is 470. The van der Waals surface area contributed by atoms with E-state index in [2.05, 4.69) is 4.99 Å².